The molecular weight excluding hydrogens is 304 g/mol. The lowest BCUT2D eigenvalue weighted by Crippen LogP contribution is -2.11. The van der Waals surface area contributed by atoms with Crippen molar-refractivity contribution in [2.75, 3.05) is 0 Å². The summed E-state index contributed by atoms with van der Waals surface area (Å²) in [4.78, 5) is 4.28. The van der Waals surface area contributed by atoms with Crippen molar-refractivity contribution in [1.82, 2.24) is 4.98 Å². The van der Waals surface area contributed by atoms with E-state index >= 15 is 0 Å². The first-order valence-corrected chi connectivity index (χ1v) is 7.07. The van der Waals surface area contributed by atoms with Gasteiger partial charge in [-0.3, -0.25) is 4.98 Å². The van der Waals surface area contributed by atoms with Crippen molar-refractivity contribution in [2.45, 2.75) is 26.0 Å². The van der Waals surface area contributed by atoms with Gasteiger partial charge in [0, 0.05) is 22.3 Å². The Kier molecular flexibility index (Phi) is 4.93. The van der Waals surface area contributed by atoms with Gasteiger partial charge >= 0.3 is 0 Å². The summed E-state index contributed by atoms with van der Waals surface area (Å²) in [6.07, 6.45) is 2.65. The van der Waals surface area contributed by atoms with Crippen molar-refractivity contribution in [3.05, 3.63) is 58.3 Å². The van der Waals surface area contributed by atoms with E-state index in [4.69, 9.17) is 10.5 Å². The van der Waals surface area contributed by atoms with Crippen LogP contribution in [0.3, 0.4) is 0 Å². The number of hydrogen-bond donors (Lipinski definition) is 1. The van der Waals surface area contributed by atoms with E-state index in [1.54, 1.807) is 6.20 Å². The van der Waals surface area contributed by atoms with E-state index in [2.05, 4.69) is 27.8 Å². The minimum absolute atomic E-state index is 0.00840. The molecule has 0 saturated carbocycles. The first-order valence-electron chi connectivity index (χ1n) is 6.28. The Morgan fingerprint density at radius 2 is 2.05 bits per heavy atom. The number of pyridine rings is 1. The van der Waals surface area contributed by atoms with Crippen molar-refractivity contribution in [2.24, 2.45) is 5.73 Å². The molecule has 19 heavy (non-hydrogen) atoms. The third-order valence-corrected chi connectivity index (χ3v) is 3.39. The lowest BCUT2D eigenvalue weighted by molar-refractivity contribution is 0.296. The maximum absolute atomic E-state index is 6.08. The topological polar surface area (TPSA) is 48.1 Å². The van der Waals surface area contributed by atoms with Gasteiger partial charge in [-0.15, -0.1) is 0 Å². The van der Waals surface area contributed by atoms with E-state index in [1.165, 1.54) is 0 Å². The van der Waals surface area contributed by atoms with Gasteiger partial charge in [-0.05, 0) is 40.5 Å². The molecule has 0 amide bonds. The number of ether oxygens (including phenoxy) is 1. The second kappa shape index (κ2) is 6.68. The highest BCUT2D eigenvalue weighted by molar-refractivity contribution is 9.10. The second-order valence-corrected chi connectivity index (χ2v) is 5.22. The minimum atomic E-state index is 0.00840. The normalized spacial score (nSPS) is 12.2. The van der Waals surface area contributed by atoms with Crippen molar-refractivity contribution >= 4 is 15.9 Å². The molecule has 1 unspecified atom stereocenters. The van der Waals surface area contributed by atoms with Gasteiger partial charge in [-0.25, -0.2) is 0 Å². The molecule has 3 nitrogen and oxygen atoms in total. The smallest absolute Gasteiger partial charge is 0.130 e. The van der Waals surface area contributed by atoms with Crippen LogP contribution in [0.4, 0.5) is 0 Å². The fourth-order valence-corrected chi connectivity index (χ4v) is 2.02. The zero-order chi connectivity index (χ0) is 13.7. The Bertz CT molecular complexity index is 528. The van der Waals surface area contributed by atoms with Crippen LogP contribution in [-0.2, 0) is 6.61 Å². The molecule has 0 aliphatic heterocycles. The molecule has 100 valence electrons. The molecule has 0 aliphatic carbocycles. The van der Waals surface area contributed by atoms with Gasteiger partial charge in [0.25, 0.3) is 0 Å². The number of halogens is 1. The van der Waals surface area contributed by atoms with E-state index in [0.29, 0.717) is 6.61 Å². The number of hydrogen-bond acceptors (Lipinski definition) is 3. The second-order valence-electron chi connectivity index (χ2n) is 4.31. The lowest BCUT2D eigenvalue weighted by Gasteiger charge is -2.15. The Morgan fingerprint density at radius 1 is 1.26 bits per heavy atom. The summed E-state index contributed by atoms with van der Waals surface area (Å²) in [6, 6.07) is 11.8. The van der Waals surface area contributed by atoms with Gasteiger partial charge in [0.1, 0.15) is 12.4 Å². The van der Waals surface area contributed by atoms with Crippen molar-refractivity contribution in [1.29, 1.82) is 0 Å². The summed E-state index contributed by atoms with van der Waals surface area (Å²) >= 11 is 3.36. The van der Waals surface area contributed by atoms with Gasteiger partial charge in [0.05, 0.1) is 5.69 Å². The molecule has 0 spiro atoms. The number of rotatable bonds is 5. The quantitative estimate of drug-likeness (QED) is 0.910. The van der Waals surface area contributed by atoms with Crippen LogP contribution in [0.2, 0.25) is 0 Å². The fraction of sp³-hybridized carbons (Fsp3) is 0.267. The number of aromatic nitrogens is 1. The molecule has 4 heteroatoms. The molecule has 0 fully saturated rings. The fourth-order valence-electron chi connectivity index (χ4n) is 1.78. The molecule has 0 aliphatic rings. The first-order chi connectivity index (χ1) is 9.20. The maximum Gasteiger partial charge on any atom is 0.130 e. The Labute approximate surface area is 121 Å². The van der Waals surface area contributed by atoms with E-state index in [0.717, 1.165) is 27.9 Å². The predicted molar refractivity (Wildman–Crippen MR) is 79.9 cm³/mol. The Morgan fingerprint density at radius 3 is 2.74 bits per heavy atom. The third-order valence-electron chi connectivity index (χ3n) is 2.92. The van der Waals surface area contributed by atoms with Crippen LogP contribution < -0.4 is 10.5 Å². The molecule has 1 heterocycles. The van der Waals surface area contributed by atoms with Crippen LogP contribution in [0.25, 0.3) is 0 Å². The van der Waals surface area contributed by atoms with Gasteiger partial charge in [-0.1, -0.05) is 25.1 Å². The van der Waals surface area contributed by atoms with Crippen LogP contribution in [-0.4, -0.2) is 4.98 Å². The SMILES string of the molecule is CCC(N)c1ccccc1OCc1ccc(Br)cn1. The largest absolute Gasteiger partial charge is 0.487 e. The molecule has 0 bridgehead atoms. The molecule has 0 radical (unpaired) electrons. The van der Waals surface area contributed by atoms with Gasteiger partial charge in [0.2, 0.25) is 0 Å². The summed E-state index contributed by atoms with van der Waals surface area (Å²) in [5, 5.41) is 0. The number of nitrogens with zero attached hydrogens (tertiary/aromatic N) is 1. The van der Waals surface area contributed by atoms with E-state index in [-0.39, 0.29) is 6.04 Å². The van der Waals surface area contributed by atoms with E-state index < -0.39 is 0 Å². The van der Waals surface area contributed by atoms with Crippen molar-refractivity contribution < 1.29 is 4.74 Å². The molecule has 2 rings (SSSR count). The standard InChI is InChI=1S/C15H17BrN2O/c1-2-14(17)13-5-3-4-6-15(13)19-10-12-8-7-11(16)9-18-12/h3-9,14H,2,10,17H2,1H3. The van der Waals surface area contributed by atoms with Crippen molar-refractivity contribution in [3.8, 4) is 5.75 Å². The monoisotopic (exact) mass is 320 g/mol. The predicted octanol–water partition coefficient (Wildman–Crippen LogP) is 3.83. The summed E-state index contributed by atoms with van der Waals surface area (Å²) < 4.78 is 6.79. The zero-order valence-electron chi connectivity index (χ0n) is 10.8. The Balaban J connectivity index is 2.09. The number of para-hydroxylation sites is 1. The van der Waals surface area contributed by atoms with Crippen LogP contribution >= 0.6 is 15.9 Å². The highest BCUT2D eigenvalue weighted by Crippen LogP contribution is 2.26. The Hall–Kier alpha value is -1.39. The average Bonchev–Trinajstić information content (AvgIpc) is 2.46. The maximum atomic E-state index is 6.08. The van der Waals surface area contributed by atoms with Crippen LogP contribution in [0.15, 0.2) is 47.1 Å². The van der Waals surface area contributed by atoms with Crippen LogP contribution in [0, 0.1) is 0 Å². The van der Waals surface area contributed by atoms with E-state index in [9.17, 15) is 0 Å². The van der Waals surface area contributed by atoms with Gasteiger partial charge in [-0.2, -0.15) is 0 Å². The molecule has 1 aromatic carbocycles. The summed E-state index contributed by atoms with van der Waals surface area (Å²) in [6.45, 7) is 2.51. The summed E-state index contributed by atoms with van der Waals surface area (Å²) in [5.74, 6) is 0.835. The first kappa shape index (κ1) is 14.0. The number of nitrogens with two attached hydrogens (primary N) is 1. The van der Waals surface area contributed by atoms with Crippen LogP contribution in [0.5, 0.6) is 5.75 Å². The lowest BCUT2D eigenvalue weighted by atomic mass is 10.0. The number of benzene rings is 1. The highest BCUT2D eigenvalue weighted by atomic mass is 79.9. The summed E-state index contributed by atoms with van der Waals surface area (Å²) in [5.41, 5.74) is 8.02. The highest BCUT2D eigenvalue weighted by Gasteiger charge is 2.09. The zero-order valence-corrected chi connectivity index (χ0v) is 12.4. The molecule has 2 N–H and O–H groups in total. The molecule has 1 aromatic heterocycles. The molecule has 0 saturated heterocycles. The van der Waals surface area contributed by atoms with Crippen molar-refractivity contribution in [3.63, 3.8) is 0 Å². The summed E-state index contributed by atoms with van der Waals surface area (Å²) in [7, 11) is 0. The van der Waals surface area contributed by atoms with E-state index in [1.807, 2.05) is 36.4 Å². The molecular formula is C15H17BrN2O. The van der Waals surface area contributed by atoms with Gasteiger partial charge in [0.15, 0.2) is 0 Å². The molecule has 1 atom stereocenters. The molecule has 2 aromatic rings. The van der Waals surface area contributed by atoms with Gasteiger partial charge < -0.3 is 10.5 Å². The third kappa shape index (κ3) is 3.78. The van der Waals surface area contributed by atoms with Crippen LogP contribution in [0.1, 0.15) is 30.6 Å². The minimum Gasteiger partial charge on any atom is -0.487 e. The average molecular weight is 321 g/mol.